The second kappa shape index (κ2) is 8.35. The lowest BCUT2D eigenvalue weighted by molar-refractivity contribution is -0.385. The van der Waals surface area contributed by atoms with Crippen molar-refractivity contribution in [2.24, 2.45) is 5.84 Å². The van der Waals surface area contributed by atoms with Gasteiger partial charge in [0, 0.05) is 6.04 Å². The quantitative estimate of drug-likeness (QED) is 0.277. The van der Waals surface area contributed by atoms with Crippen molar-refractivity contribution in [2.75, 3.05) is 10.7 Å². The number of nitrogens with one attached hydrogen (secondary N) is 2. The zero-order valence-electron chi connectivity index (χ0n) is 12.8. The maximum atomic E-state index is 11.2. The third kappa shape index (κ3) is 5.14. The van der Waals surface area contributed by atoms with Crippen LogP contribution in [0.4, 0.5) is 17.5 Å². The van der Waals surface area contributed by atoms with E-state index in [2.05, 4.69) is 27.6 Å². The highest BCUT2D eigenvalue weighted by atomic mass is 16.6. The third-order valence-electron chi connectivity index (χ3n) is 3.24. The van der Waals surface area contributed by atoms with Crippen molar-refractivity contribution < 1.29 is 4.92 Å². The zero-order valence-corrected chi connectivity index (χ0v) is 12.8. The predicted octanol–water partition coefficient (Wildman–Crippen LogP) is 2.75. The van der Waals surface area contributed by atoms with Crippen LogP contribution in [0.2, 0.25) is 0 Å². The van der Waals surface area contributed by atoms with Crippen LogP contribution in [0.3, 0.4) is 0 Å². The molecule has 1 rings (SSSR count). The highest BCUT2D eigenvalue weighted by Crippen LogP contribution is 2.27. The number of hydrogen-bond acceptors (Lipinski definition) is 7. The van der Waals surface area contributed by atoms with Crippen molar-refractivity contribution in [1.82, 2.24) is 9.97 Å². The van der Waals surface area contributed by atoms with Gasteiger partial charge in [-0.3, -0.25) is 15.5 Å². The zero-order chi connectivity index (χ0) is 15.8. The van der Waals surface area contributed by atoms with Crippen molar-refractivity contribution in [3.63, 3.8) is 0 Å². The van der Waals surface area contributed by atoms with E-state index in [1.807, 2.05) is 6.92 Å². The van der Waals surface area contributed by atoms with E-state index < -0.39 is 4.92 Å². The van der Waals surface area contributed by atoms with Gasteiger partial charge in [-0.15, -0.1) is 0 Å². The fourth-order valence-corrected chi connectivity index (χ4v) is 2.13. The molecule has 1 aromatic heterocycles. The summed E-state index contributed by atoms with van der Waals surface area (Å²) < 4.78 is 0. The molecule has 0 saturated carbocycles. The predicted molar refractivity (Wildman–Crippen MR) is 83.1 cm³/mol. The Kier molecular flexibility index (Phi) is 6.80. The Morgan fingerprint density at radius 3 is 2.62 bits per heavy atom. The standard InChI is InChI=1S/C13H24N6O2/c1-4-5-6-7-8-9(2)15-12-11(19(20)21)10(3)16-13(17-12)18-14/h9H,4-8,14H2,1-3H3,(H2,15,16,17,18). The first kappa shape index (κ1) is 17.1. The number of unbranched alkanes of at least 4 members (excludes halogenated alkanes) is 3. The summed E-state index contributed by atoms with van der Waals surface area (Å²) in [5.74, 6) is 5.66. The van der Waals surface area contributed by atoms with Gasteiger partial charge in [0.05, 0.1) is 4.92 Å². The molecule has 0 aliphatic rings. The van der Waals surface area contributed by atoms with Crippen LogP contribution in [0, 0.1) is 17.0 Å². The molecule has 0 saturated heterocycles. The number of aryl methyl sites for hydroxylation is 1. The summed E-state index contributed by atoms with van der Waals surface area (Å²) in [6.07, 6.45) is 5.58. The van der Waals surface area contributed by atoms with Crippen molar-refractivity contribution in [3.8, 4) is 0 Å². The van der Waals surface area contributed by atoms with Crippen molar-refractivity contribution >= 4 is 17.5 Å². The molecular formula is C13H24N6O2. The molecule has 0 aliphatic heterocycles. The lowest BCUT2D eigenvalue weighted by atomic mass is 10.1. The van der Waals surface area contributed by atoms with E-state index in [0.29, 0.717) is 0 Å². The molecule has 0 aromatic carbocycles. The van der Waals surface area contributed by atoms with Gasteiger partial charge in [0.1, 0.15) is 5.69 Å². The second-order valence-corrected chi connectivity index (χ2v) is 5.13. The highest BCUT2D eigenvalue weighted by molar-refractivity contribution is 5.61. The van der Waals surface area contributed by atoms with E-state index in [0.717, 1.165) is 12.8 Å². The summed E-state index contributed by atoms with van der Waals surface area (Å²) in [6.45, 7) is 5.72. The molecule has 21 heavy (non-hydrogen) atoms. The summed E-state index contributed by atoms with van der Waals surface area (Å²) in [5.41, 5.74) is 2.50. The average molecular weight is 296 g/mol. The van der Waals surface area contributed by atoms with Crippen molar-refractivity contribution in [1.29, 1.82) is 0 Å². The number of nitrogen functional groups attached to an aromatic ring is 1. The van der Waals surface area contributed by atoms with Gasteiger partial charge in [0.25, 0.3) is 0 Å². The van der Waals surface area contributed by atoms with Crippen LogP contribution in [0.15, 0.2) is 0 Å². The number of nitro groups is 1. The number of hydrogen-bond donors (Lipinski definition) is 3. The van der Waals surface area contributed by atoms with E-state index in [1.165, 1.54) is 19.3 Å². The van der Waals surface area contributed by atoms with E-state index in [4.69, 9.17) is 5.84 Å². The number of nitrogens with two attached hydrogens (primary N) is 1. The van der Waals surface area contributed by atoms with Gasteiger partial charge in [0.2, 0.25) is 11.8 Å². The van der Waals surface area contributed by atoms with Gasteiger partial charge in [-0.1, -0.05) is 32.6 Å². The normalized spacial score (nSPS) is 12.0. The number of rotatable bonds is 9. The minimum Gasteiger partial charge on any atom is -0.362 e. The first-order valence-corrected chi connectivity index (χ1v) is 7.25. The van der Waals surface area contributed by atoms with E-state index in [1.54, 1.807) is 6.92 Å². The van der Waals surface area contributed by atoms with Crippen LogP contribution in [0.1, 0.15) is 51.6 Å². The second-order valence-electron chi connectivity index (χ2n) is 5.13. The summed E-state index contributed by atoms with van der Waals surface area (Å²) >= 11 is 0. The van der Waals surface area contributed by atoms with E-state index in [9.17, 15) is 10.1 Å². The molecule has 8 nitrogen and oxygen atoms in total. The van der Waals surface area contributed by atoms with Crippen LogP contribution >= 0.6 is 0 Å². The number of hydrazine groups is 1. The Labute approximate surface area is 124 Å². The Balaban J connectivity index is 2.80. The highest BCUT2D eigenvalue weighted by Gasteiger charge is 2.22. The third-order valence-corrected chi connectivity index (χ3v) is 3.24. The van der Waals surface area contributed by atoms with Crippen molar-refractivity contribution in [2.45, 2.75) is 58.9 Å². The van der Waals surface area contributed by atoms with Gasteiger partial charge in [-0.2, -0.15) is 4.98 Å². The Bertz CT molecular complexity index is 480. The molecule has 0 aliphatic carbocycles. The van der Waals surface area contributed by atoms with Crippen molar-refractivity contribution in [3.05, 3.63) is 15.8 Å². The van der Waals surface area contributed by atoms with Crippen LogP contribution < -0.4 is 16.6 Å². The monoisotopic (exact) mass is 296 g/mol. The van der Waals surface area contributed by atoms with E-state index in [-0.39, 0.29) is 29.2 Å². The molecule has 0 spiro atoms. The average Bonchev–Trinajstić information content (AvgIpc) is 2.42. The molecule has 1 heterocycles. The molecule has 4 N–H and O–H groups in total. The molecule has 8 heteroatoms. The molecule has 1 aromatic rings. The van der Waals surface area contributed by atoms with Crippen LogP contribution in [-0.2, 0) is 0 Å². The lowest BCUT2D eigenvalue weighted by Crippen LogP contribution is -2.20. The molecule has 0 fully saturated rings. The number of aromatic nitrogens is 2. The molecule has 118 valence electrons. The maximum Gasteiger partial charge on any atom is 0.332 e. The van der Waals surface area contributed by atoms with Gasteiger partial charge in [-0.25, -0.2) is 10.8 Å². The topological polar surface area (TPSA) is 119 Å². The van der Waals surface area contributed by atoms with Crippen LogP contribution in [0.25, 0.3) is 0 Å². The summed E-state index contributed by atoms with van der Waals surface area (Å²) in [4.78, 5) is 18.7. The molecule has 0 radical (unpaired) electrons. The van der Waals surface area contributed by atoms with Gasteiger partial charge in [0.15, 0.2) is 0 Å². The largest absolute Gasteiger partial charge is 0.362 e. The Morgan fingerprint density at radius 2 is 2.05 bits per heavy atom. The van der Waals surface area contributed by atoms with Gasteiger partial charge in [-0.05, 0) is 20.3 Å². The SMILES string of the molecule is CCCCCCC(C)Nc1nc(NN)nc(C)c1[N+](=O)[O-]. The summed E-state index contributed by atoms with van der Waals surface area (Å²) in [5, 5.41) is 14.3. The van der Waals surface area contributed by atoms with Gasteiger partial charge < -0.3 is 5.32 Å². The molecule has 0 amide bonds. The molecule has 1 unspecified atom stereocenters. The lowest BCUT2D eigenvalue weighted by Gasteiger charge is -2.15. The fourth-order valence-electron chi connectivity index (χ4n) is 2.13. The fraction of sp³-hybridized carbons (Fsp3) is 0.692. The smallest absolute Gasteiger partial charge is 0.332 e. The summed E-state index contributed by atoms with van der Waals surface area (Å²) in [6, 6.07) is 0.0977. The minimum absolute atomic E-state index is 0.0977. The van der Waals surface area contributed by atoms with Crippen LogP contribution in [-0.4, -0.2) is 20.9 Å². The Morgan fingerprint density at radius 1 is 1.33 bits per heavy atom. The molecule has 0 bridgehead atoms. The Hall–Kier alpha value is -1.96. The van der Waals surface area contributed by atoms with Gasteiger partial charge >= 0.3 is 5.69 Å². The van der Waals surface area contributed by atoms with E-state index >= 15 is 0 Å². The first-order chi connectivity index (χ1) is 9.99. The minimum atomic E-state index is -0.470. The summed E-state index contributed by atoms with van der Waals surface area (Å²) in [7, 11) is 0. The number of nitrogens with zero attached hydrogens (tertiary/aromatic N) is 3. The number of anilines is 2. The molecular weight excluding hydrogens is 272 g/mol. The first-order valence-electron chi connectivity index (χ1n) is 7.25. The molecule has 1 atom stereocenters. The maximum absolute atomic E-state index is 11.2. The van der Waals surface area contributed by atoms with Crippen LogP contribution in [0.5, 0.6) is 0 Å².